The molecule has 1 aromatic rings. The molecule has 1 fully saturated rings. The van der Waals surface area contributed by atoms with Crippen LogP contribution in [0.15, 0.2) is 9.72 Å². The molecule has 2 rings (SSSR count). The molecule has 1 unspecified atom stereocenters. The molecule has 1 aliphatic rings. The van der Waals surface area contributed by atoms with E-state index >= 15 is 0 Å². The van der Waals surface area contributed by atoms with Crippen LogP contribution in [-0.4, -0.2) is 35.4 Å². The molecule has 0 spiro atoms. The Morgan fingerprint density at radius 2 is 2.35 bits per heavy atom. The van der Waals surface area contributed by atoms with E-state index in [4.69, 9.17) is 4.74 Å². The topological polar surface area (TPSA) is 51.2 Å². The van der Waals surface area contributed by atoms with E-state index in [2.05, 4.69) is 24.1 Å². The Bertz CT molecular complexity index is 471. The summed E-state index contributed by atoms with van der Waals surface area (Å²) in [5.74, 6) is 0.913. The first kappa shape index (κ1) is 15.8. The molecule has 0 amide bonds. The van der Waals surface area contributed by atoms with Crippen molar-refractivity contribution in [1.29, 1.82) is 0 Å². The molecule has 1 heterocycles. The standard InChI is InChI=1S/C14H22N2O2S2/c1-9(2)16-14(11-5-6-11,12(17)18-4)8-20-13-15-10(3)7-19-13/h7,9,11,16H,5-6,8H2,1-4H3. The van der Waals surface area contributed by atoms with Crippen molar-refractivity contribution in [2.24, 2.45) is 5.92 Å². The zero-order valence-corrected chi connectivity index (χ0v) is 14.1. The maximum Gasteiger partial charge on any atom is 0.327 e. The van der Waals surface area contributed by atoms with Crippen LogP contribution in [0, 0.1) is 12.8 Å². The first-order chi connectivity index (χ1) is 9.48. The van der Waals surface area contributed by atoms with Gasteiger partial charge in [0.1, 0.15) is 9.88 Å². The van der Waals surface area contributed by atoms with Gasteiger partial charge in [0.25, 0.3) is 0 Å². The maximum absolute atomic E-state index is 12.4. The third-order valence-electron chi connectivity index (χ3n) is 3.39. The molecule has 1 aromatic heterocycles. The fourth-order valence-corrected chi connectivity index (χ4v) is 4.52. The number of nitrogens with zero attached hydrogens (tertiary/aromatic N) is 1. The number of ether oxygens (including phenoxy) is 1. The Balaban J connectivity index is 2.14. The predicted molar refractivity (Wildman–Crippen MR) is 83.3 cm³/mol. The Morgan fingerprint density at radius 1 is 1.65 bits per heavy atom. The quantitative estimate of drug-likeness (QED) is 0.619. The van der Waals surface area contributed by atoms with Crippen molar-refractivity contribution in [2.75, 3.05) is 12.9 Å². The molecular formula is C14H22N2O2S2. The van der Waals surface area contributed by atoms with Crippen molar-refractivity contribution >= 4 is 29.1 Å². The molecule has 1 aliphatic carbocycles. The Hall–Kier alpha value is -0.590. The summed E-state index contributed by atoms with van der Waals surface area (Å²) in [5, 5.41) is 5.50. The van der Waals surface area contributed by atoms with Gasteiger partial charge in [-0.25, -0.2) is 4.98 Å². The lowest BCUT2D eigenvalue weighted by atomic mass is 9.94. The van der Waals surface area contributed by atoms with Crippen molar-refractivity contribution in [3.8, 4) is 0 Å². The lowest BCUT2D eigenvalue weighted by Gasteiger charge is -2.33. The predicted octanol–water partition coefficient (Wildman–Crippen LogP) is 2.86. The van der Waals surface area contributed by atoms with Crippen LogP contribution in [0.1, 0.15) is 32.4 Å². The van der Waals surface area contributed by atoms with Crippen LogP contribution in [0.25, 0.3) is 0 Å². The second kappa shape index (κ2) is 6.45. The SMILES string of the molecule is COC(=O)C(CSc1nc(C)cs1)(NC(C)C)C1CC1. The minimum absolute atomic E-state index is 0.144. The maximum atomic E-state index is 12.4. The molecular weight excluding hydrogens is 292 g/mol. The highest BCUT2D eigenvalue weighted by molar-refractivity contribution is 8.01. The van der Waals surface area contributed by atoms with Crippen molar-refractivity contribution < 1.29 is 9.53 Å². The van der Waals surface area contributed by atoms with Gasteiger partial charge in [-0.2, -0.15) is 0 Å². The monoisotopic (exact) mass is 314 g/mol. The molecule has 0 saturated heterocycles. The fraction of sp³-hybridized carbons (Fsp3) is 0.714. The van der Waals surface area contributed by atoms with E-state index < -0.39 is 5.54 Å². The number of aromatic nitrogens is 1. The number of hydrogen-bond acceptors (Lipinski definition) is 6. The number of carbonyl (C=O) groups is 1. The molecule has 1 atom stereocenters. The number of carbonyl (C=O) groups excluding carboxylic acids is 1. The van der Waals surface area contributed by atoms with Crippen LogP contribution in [0.5, 0.6) is 0 Å². The molecule has 0 aliphatic heterocycles. The van der Waals surface area contributed by atoms with E-state index in [1.54, 1.807) is 23.1 Å². The molecule has 4 nitrogen and oxygen atoms in total. The highest BCUT2D eigenvalue weighted by Crippen LogP contribution is 2.43. The van der Waals surface area contributed by atoms with Gasteiger partial charge in [-0.1, -0.05) is 11.8 Å². The van der Waals surface area contributed by atoms with Gasteiger partial charge in [-0.15, -0.1) is 11.3 Å². The van der Waals surface area contributed by atoms with Gasteiger partial charge >= 0.3 is 5.97 Å². The summed E-state index contributed by atoms with van der Waals surface area (Å²) in [4.78, 5) is 16.8. The summed E-state index contributed by atoms with van der Waals surface area (Å²) in [5.41, 5.74) is 0.456. The molecule has 0 aromatic carbocycles. The van der Waals surface area contributed by atoms with Gasteiger partial charge in [0, 0.05) is 22.9 Å². The lowest BCUT2D eigenvalue weighted by molar-refractivity contribution is -0.148. The average molecular weight is 314 g/mol. The van der Waals surface area contributed by atoms with Crippen LogP contribution in [0.2, 0.25) is 0 Å². The number of thioether (sulfide) groups is 1. The van der Waals surface area contributed by atoms with E-state index in [9.17, 15) is 4.79 Å². The van der Waals surface area contributed by atoms with Crippen molar-refractivity contribution in [3.05, 3.63) is 11.1 Å². The second-order valence-electron chi connectivity index (χ2n) is 5.58. The number of rotatable bonds is 7. The molecule has 1 N–H and O–H groups in total. The van der Waals surface area contributed by atoms with Gasteiger partial charge in [0.2, 0.25) is 0 Å². The molecule has 112 valence electrons. The first-order valence-electron chi connectivity index (χ1n) is 6.89. The van der Waals surface area contributed by atoms with Crippen molar-refractivity contribution in [2.45, 2.75) is 49.5 Å². The highest BCUT2D eigenvalue weighted by Gasteiger charge is 2.52. The normalized spacial score (nSPS) is 18.1. The van der Waals surface area contributed by atoms with Crippen molar-refractivity contribution in [3.63, 3.8) is 0 Å². The van der Waals surface area contributed by atoms with Crippen LogP contribution >= 0.6 is 23.1 Å². The second-order valence-corrected chi connectivity index (χ2v) is 7.66. The Labute approximate surface area is 128 Å². The first-order valence-corrected chi connectivity index (χ1v) is 8.75. The van der Waals surface area contributed by atoms with Gasteiger partial charge in [0.05, 0.1) is 7.11 Å². The number of thiazole rings is 1. The highest BCUT2D eigenvalue weighted by atomic mass is 32.2. The fourth-order valence-electron chi connectivity index (χ4n) is 2.41. The number of hydrogen-bond donors (Lipinski definition) is 1. The van der Waals surface area contributed by atoms with E-state index in [0.717, 1.165) is 22.9 Å². The summed E-state index contributed by atoms with van der Waals surface area (Å²) in [6.45, 7) is 6.12. The van der Waals surface area contributed by atoms with Crippen LogP contribution in [0.3, 0.4) is 0 Å². The Morgan fingerprint density at radius 3 is 2.80 bits per heavy atom. The van der Waals surface area contributed by atoms with Crippen molar-refractivity contribution in [1.82, 2.24) is 10.3 Å². The van der Waals surface area contributed by atoms with E-state index in [1.807, 2.05) is 12.3 Å². The van der Waals surface area contributed by atoms with Crippen LogP contribution in [0.4, 0.5) is 0 Å². The van der Waals surface area contributed by atoms with E-state index in [-0.39, 0.29) is 12.0 Å². The molecule has 0 radical (unpaired) electrons. The van der Waals surface area contributed by atoms with Crippen LogP contribution in [-0.2, 0) is 9.53 Å². The summed E-state index contributed by atoms with van der Waals surface area (Å²) >= 11 is 3.28. The van der Waals surface area contributed by atoms with E-state index in [0.29, 0.717) is 11.7 Å². The Kier molecular flexibility index (Phi) is 5.09. The third kappa shape index (κ3) is 3.54. The minimum atomic E-state index is -0.576. The lowest BCUT2D eigenvalue weighted by Crippen LogP contribution is -2.59. The molecule has 6 heteroatoms. The van der Waals surface area contributed by atoms with Crippen LogP contribution < -0.4 is 5.32 Å². The number of aryl methyl sites for hydroxylation is 1. The van der Waals surface area contributed by atoms with Gasteiger partial charge in [-0.3, -0.25) is 10.1 Å². The van der Waals surface area contributed by atoms with Gasteiger partial charge in [0.15, 0.2) is 0 Å². The number of nitrogens with one attached hydrogen (secondary N) is 1. The minimum Gasteiger partial charge on any atom is -0.468 e. The summed E-state index contributed by atoms with van der Waals surface area (Å²) in [7, 11) is 1.47. The van der Waals surface area contributed by atoms with Gasteiger partial charge < -0.3 is 4.74 Å². The number of esters is 1. The summed E-state index contributed by atoms with van der Waals surface area (Å²) in [6.07, 6.45) is 2.18. The third-order valence-corrected chi connectivity index (χ3v) is 5.72. The van der Waals surface area contributed by atoms with E-state index in [1.165, 1.54) is 7.11 Å². The smallest absolute Gasteiger partial charge is 0.327 e. The number of methoxy groups -OCH3 is 1. The molecule has 0 bridgehead atoms. The summed E-state index contributed by atoms with van der Waals surface area (Å²) in [6, 6.07) is 0.244. The largest absolute Gasteiger partial charge is 0.468 e. The molecule has 1 saturated carbocycles. The summed E-state index contributed by atoms with van der Waals surface area (Å²) < 4.78 is 6.10. The molecule has 20 heavy (non-hydrogen) atoms. The average Bonchev–Trinajstić information content (AvgIpc) is 3.17. The zero-order chi connectivity index (χ0) is 14.8. The zero-order valence-electron chi connectivity index (χ0n) is 12.4. The van der Waals surface area contributed by atoms with Gasteiger partial charge in [-0.05, 0) is 39.5 Å².